The lowest BCUT2D eigenvalue weighted by atomic mass is 10.2. The number of para-hydroxylation sites is 2. The molecule has 0 bridgehead atoms. The summed E-state index contributed by atoms with van der Waals surface area (Å²) in [5.41, 5.74) is 2.47. The zero-order chi connectivity index (χ0) is 10.1. The Labute approximate surface area is 90.5 Å². The summed E-state index contributed by atoms with van der Waals surface area (Å²) in [6.45, 7) is 3.49. The van der Waals surface area contributed by atoms with Crippen LogP contribution in [0.25, 0.3) is 0 Å². The average molecular weight is 203 g/mol. The molecule has 0 saturated carbocycles. The standard InChI is InChI=1S/C12H17N3/c1-2-6-11-10(5-1)13-9-12(14-11)15-7-3-4-8-15/h1-2,5-6,12-14H,3-4,7-9H2. The number of anilines is 2. The minimum atomic E-state index is 0.474. The summed E-state index contributed by atoms with van der Waals surface area (Å²) in [4.78, 5) is 2.53. The molecule has 1 saturated heterocycles. The molecule has 80 valence electrons. The summed E-state index contributed by atoms with van der Waals surface area (Å²) < 4.78 is 0. The number of likely N-dealkylation sites (tertiary alicyclic amines) is 1. The minimum absolute atomic E-state index is 0.474. The molecular formula is C12H17N3. The van der Waals surface area contributed by atoms with E-state index in [4.69, 9.17) is 0 Å². The Kier molecular flexibility index (Phi) is 2.25. The van der Waals surface area contributed by atoms with E-state index in [0.29, 0.717) is 6.17 Å². The van der Waals surface area contributed by atoms with E-state index >= 15 is 0 Å². The average Bonchev–Trinajstić information content (AvgIpc) is 2.82. The fourth-order valence-electron chi connectivity index (χ4n) is 2.47. The van der Waals surface area contributed by atoms with Crippen molar-refractivity contribution in [2.24, 2.45) is 0 Å². The molecule has 3 rings (SSSR count). The Bertz CT molecular complexity index is 344. The zero-order valence-electron chi connectivity index (χ0n) is 8.87. The van der Waals surface area contributed by atoms with Crippen LogP contribution in [0.15, 0.2) is 24.3 Å². The topological polar surface area (TPSA) is 27.3 Å². The molecule has 1 unspecified atom stereocenters. The molecule has 0 amide bonds. The van der Waals surface area contributed by atoms with Crippen molar-refractivity contribution >= 4 is 11.4 Å². The summed E-state index contributed by atoms with van der Waals surface area (Å²) in [7, 11) is 0. The Morgan fingerprint density at radius 1 is 1.07 bits per heavy atom. The van der Waals surface area contributed by atoms with Gasteiger partial charge in [0.1, 0.15) is 0 Å². The second kappa shape index (κ2) is 3.74. The zero-order valence-corrected chi connectivity index (χ0v) is 8.87. The van der Waals surface area contributed by atoms with E-state index in [2.05, 4.69) is 39.8 Å². The van der Waals surface area contributed by atoms with Crippen molar-refractivity contribution in [1.82, 2.24) is 4.90 Å². The Balaban J connectivity index is 1.76. The third-order valence-electron chi connectivity index (χ3n) is 3.32. The van der Waals surface area contributed by atoms with E-state index < -0.39 is 0 Å². The number of fused-ring (bicyclic) bond motifs is 1. The van der Waals surface area contributed by atoms with Gasteiger partial charge in [0.05, 0.1) is 17.5 Å². The lowest BCUT2D eigenvalue weighted by Gasteiger charge is -2.34. The fraction of sp³-hybridized carbons (Fsp3) is 0.500. The third kappa shape index (κ3) is 1.67. The van der Waals surface area contributed by atoms with Gasteiger partial charge in [0.2, 0.25) is 0 Å². The molecule has 1 atom stereocenters. The molecule has 1 aromatic rings. The van der Waals surface area contributed by atoms with Crippen LogP contribution in [-0.4, -0.2) is 30.7 Å². The van der Waals surface area contributed by atoms with Gasteiger partial charge < -0.3 is 10.6 Å². The molecule has 3 nitrogen and oxygen atoms in total. The van der Waals surface area contributed by atoms with E-state index in [-0.39, 0.29) is 0 Å². The molecule has 0 spiro atoms. The maximum Gasteiger partial charge on any atom is 0.0971 e. The molecule has 2 N–H and O–H groups in total. The van der Waals surface area contributed by atoms with Crippen LogP contribution in [0.5, 0.6) is 0 Å². The van der Waals surface area contributed by atoms with Crippen molar-refractivity contribution in [3.05, 3.63) is 24.3 Å². The summed E-state index contributed by atoms with van der Waals surface area (Å²) in [5.74, 6) is 0. The van der Waals surface area contributed by atoms with E-state index in [9.17, 15) is 0 Å². The first-order valence-corrected chi connectivity index (χ1v) is 5.77. The van der Waals surface area contributed by atoms with Gasteiger partial charge in [-0.1, -0.05) is 12.1 Å². The van der Waals surface area contributed by atoms with Crippen LogP contribution in [0, 0.1) is 0 Å². The molecular weight excluding hydrogens is 186 g/mol. The largest absolute Gasteiger partial charge is 0.380 e. The van der Waals surface area contributed by atoms with E-state index in [1.165, 1.54) is 37.3 Å². The second-order valence-electron chi connectivity index (χ2n) is 4.33. The van der Waals surface area contributed by atoms with Gasteiger partial charge in [0.25, 0.3) is 0 Å². The van der Waals surface area contributed by atoms with Gasteiger partial charge in [-0.05, 0) is 25.0 Å². The molecule has 0 aliphatic carbocycles. The molecule has 3 heteroatoms. The number of rotatable bonds is 1. The summed E-state index contributed by atoms with van der Waals surface area (Å²) in [5, 5.41) is 7.09. The highest BCUT2D eigenvalue weighted by Crippen LogP contribution is 2.27. The predicted molar refractivity (Wildman–Crippen MR) is 63.1 cm³/mol. The minimum Gasteiger partial charge on any atom is -0.380 e. The van der Waals surface area contributed by atoms with Crippen LogP contribution in [0.1, 0.15) is 12.8 Å². The Morgan fingerprint density at radius 2 is 1.80 bits per heavy atom. The predicted octanol–water partition coefficient (Wildman–Crippen LogP) is 1.95. The quantitative estimate of drug-likeness (QED) is 0.730. The van der Waals surface area contributed by atoms with Crippen molar-refractivity contribution in [1.29, 1.82) is 0 Å². The van der Waals surface area contributed by atoms with Crippen molar-refractivity contribution in [3.63, 3.8) is 0 Å². The van der Waals surface area contributed by atoms with Gasteiger partial charge in [-0.25, -0.2) is 0 Å². The Hall–Kier alpha value is -1.22. The number of benzene rings is 1. The van der Waals surface area contributed by atoms with Crippen molar-refractivity contribution in [2.75, 3.05) is 30.3 Å². The van der Waals surface area contributed by atoms with Gasteiger partial charge in [0.15, 0.2) is 0 Å². The van der Waals surface area contributed by atoms with E-state index in [0.717, 1.165) is 6.54 Å². The normalized spacial score (nSPS) is 25.5. The SMILES string of the molecule is c1ccc2c(c1)NCC(N1CCCC1)N2. The first-order chi connectivity index (χ1) is 7.43. The molecule has 0 aromatic heterocycles. The number of nitrogens with one attached hydrogen (secondary N) is 2. The molecule has 1 aromatic carbocycles. The highest BCUT2D eigenvalue weighted by Gasteiger charge is 2.24. The maximum atomic E-state index is 3.60. The summed E-state index contributed by atoms with van der Waals surface area (Å²) in [6, 6.07) is 8.43. The first-order valence-electron chi connectivity index (χ1n) is 5.77. The highest BCUT2D eigenvalue weighted by atomic mass is 15.3. The smallest absolute Gasteiger partial charge is 0.0971 e. The van der Waals surface area contributed by atoms with Gasteiger partial charge in [0, 0.05) is 19.6 Å². The summed E-state index contributed by atoms with van der Waals surface area (Å²) in [6.07, 6.45) is 3.17. The van der Waals surface area contributed by atoms with Crippen LogP contribution in [-0.2, 0) is 0 Å². The van der Waals surface area contributed by atoms with Crippen LogP contribution in [0.3, 0.4) is 0 Å². The van der Waals surface area contributed by atoms with Crippen molar-refractivity contribution in [3.8, 4) is 0 Å². The monoisotopic (exact) mass is 203 g/mol. The molecule has 15 heavy (non-hydrogen) atoms. The van der Waals surface area contributed by atoms with Crippen LogP contribution in [0.2, 0.25) is 0 Å². The van der Waals surface area contributed by atoms with Crippen LogP contribution in [0.4, 0.5) is 11.4 Å². The highest BCUT2D eigenvalue weighted by molar-refractivity contribution is 5.70. The van der Waals surface area contributed by atoms with Gasteiger partial charge in [-0.2, -0.15) is 0 Å². The van der Waals surface area contributed by atoms with Crippen molar-refractivity contribution in [2.45, 2.75) is 19.0 Å². The van der Waals surface area contributed by atoms with Crippen LogP contribution < -0.4 is 10.6 Å². The van der Waals surface area contributed by atoms with E-state index in [1.807, 2.05) is 0 Å². The van der Waals surface area contributed by atoms with Gasteiger partial charge >= 0.3 is 0 Å². The number of hydrogen-bond acceptors (Lipinski definition) is 3. The van der Waals surface area contributed by atoms with Crippen molar-refractivity contribution < 1.29 is 0 Å². The Morgan fingerprint density at radius 3 is 2.60 bits per heavy atom. The first kappa shape index (κ1) is 9.04. The van der Waals surface area contributed by atoms with E-state index in [1.54, 1.807) is 0 Å². The molecule has 2 aliphatic heterocycles. The van der Waals surface area contributed by atoms with Gasteiger partial charge in [-0.3, -0.25) is 4.90 Å². The molecule has 1 fully saturated rings. The molecule has 0 radical (unpaired) electrons. The lowest BCUT2D eigenvalue weighted by Crippen LogP contribution is -2.46. The summed E-state index contributed by atoms with van der Waals surface area (Å²) >= 11 is 0. The number of hydrogen-bond donors (Lipinski definition) is 2. The van der Waals surface area contributed by atoms with Gasteiger partial charge in [-0.15, -0.1) is 0 Å². The van der Waals surface area contributed by atoms with Crippen LogP contribution >= 0.6 is 0 Å². The molecule has 2 heterocycles. The fourth-order valence-corrected chi connectivity index (χ4v) is 2.47. The maximum absolute atomic E-state index is 3.60. The third-order valence-corrected chi connectivity index (χ3v) is 3.32. The lowest BCUT2D eigenvalue weighted by molar-refractivity contribution is 0.274. The second-order valence-corrected chi connectivity index (χ2v) is 4.33. The molecule has 2 aliphatic rings. The number of nitrogens with zero attached hydrogens (tertiary/aromatic N) is 1.